The zero-order valence-electron chi connectivity index (χ0n) is 12.5. The van der Waals surface area contributed by atoms with Gasteiger partial charge in [-0.25, -0.2) is 0 Å². The van der Waals surface area contributed by atoms with Gasteiger partial charge in [-0.1, -0.05) is 0 Å². The second kappa shape index (κ2) is 6.21. The summed E-state index contributed by atoms with van der Waals surface area (Å²) in [5, 5.41) is 18.2. The monoisotopic (exact) mass is 351 g/mol. The Morgan fingerprint density at radius 3 is 2.48 bits per heavy atom. The molecule has 0 spiro atoms. The fourth-order valence-electron chi connectivity index (χ4n) is 2.33. The molecule has 0 aliphatic carbocycles. The summed E-state index contributed by atoms with van der Waals surface area (Å²) in [6, 6.07) is 13.8. The van der Waals surface area contributed by atoms with Crippen molar-refractivity contribution in [3.05, 3.63) is 59.8 Å². The molecule has 2 aromatic carbocycles. The van der Waals surface area contributed by atoms with Crippen LogP contribution in [0.4, 0.5) is 0 Å². The number of aromatic nitrogens is 1. The highest BCUT2D eigenvalue weighted by molar-refractivity contribution is 7.86. The van der Waals surface area contributed by atoms with Crippen molar-refractivity contribution in [3.63, 3.8) is 0 Å². The number of nitriles is 2. The quantitative estimate of drug-likeness (QED) is 0.719. The van der Waals surface area contributed by atoms with Crippen molar-refractivity contribution in [2.75, 3.05) is 0 Å². The van der Waals surface area contributed by atoms with Crippen molar-refractivity contribution in [1.82, 2.24) is 4.98 Å². The minimum absolute atomic E-state index is 0.159. The van der Waals surface area contributed by atoms with Gasteiger partial charge >= 0.3 is 0 Å². The van der Waals surface area contributed by atoms with Crippen LogP contribution < -0.4 is 4.74 Å². The maximum Gasteiger partial charge on any atom is 0.295 e. The van der Waals surface area contributed by atoms with E-state index in [9.17, 15) is 13.0 Å². The number of rotatable bonds is 3. The summed E-state index contributed by atoms with van der Waals surface area (Å²) in [7, 11) is -4.41. The Bertz CT molecular complexity index is 1170. The van der Waals surface area contributed by atoms with Crippen molar-refractivity contribution in [1.29, 1.82) is 10.5 Å². The minimum atomic E-state index is -4.41. The summed E-state index contributed by atoms with van der Waals surface area (Å²) in [6.07, 6.45) is 1.46. The van der Waals surface area contributed by atoms with E-state index in [-0.39, 0.29) is 32.7 Å². The number of pyridine rings is 1. The smallest absolute Gasteiger partial charge is 0.295 e. The first-order chi connectivity index (χ1) is 11.9. The second-order valence-electron chi connectivity index (χ2n) is 4.97. The van der Waals surface area contributed by atoms with Crippen molar-refractivity contribution < 1.29 is 17.7 Å². The van der Waals surface area contributed by atoms with Gasteiger partial charge in [0.1, 0.15) is 28.3 Å². The van der Waals surface area contributed by atoms with Gasteiger partial charge < -0.3 is 4.74 Å². The van der Waals surface area contributed by atoms with Crippen LogP contribution in [0.2, 0.25) is 0 Å². The van der Waals surface area contributed by atoms with Crippen molar-refractivity contribution in [2.45, 2.75) is 4.90 Å². The van der Waals surface area contributed by atoms with Crippen LogP contribution in [0.5, 0.6) is 11.5 Å². The summed E-state index contributed by atoms with van der Waals surface area (Å²) >= 11 is 0. The van der Waals surface area contributed by atoms with E-state index >= 15 is 0 Å². The molecule has 25 heavy (non-hydrogen) atoms. The number of fused-ring (bicyclic) bond motifs is 1. The molecule has 0 fully saturated rings. The van der Waals surface area contributed by atoms with E-state index in [4.69, 9.17) is 15.3 Å². The molecule has 3 aromatic rings. The van der Waals surface area contributed by atoms with Crippen LogP contribution in [0.25, 0.3) is 10.9 Å². The molecule has 122 valence electrons. The van der Waals surface area contributed by atoms with E-state index in [1.54, 1.807) is 0 Å². The lowest BCUT2D eigenvalue weighted by molar-refractivity contribution is 0.481. The second-order valence-corrected chi connectivity index (χ2v) is 6.36. The Hall–Kier alpha value is -3.46. The van der Waals surface area contributed by atoms with Crippen molar-refractivity contribution >= 4 is 21.0 Å². The molecule has 0 atom stereocenters. The van der Waals surface area contributed by atoms with E-state index < -0.39 is 10.1 Å². The third-order valence-corrected chi connectivity index (χ3v) is 4.34. The summed E-state index contributed by atoms with van der Waals surface area (Å²) < 4.78 is 38.0. The Balaban J connectivity index is 2.13. The number of nitrogens with zero attached hydrogens (tertiary/aromatic N) is 3. The van der Waals surface area contributed by atoms with Gasteiger partial charge in [-0.3, -0.25) is 9.54 Å². The predicted octanol–water partition coefficient (Wildman–Crippen LogP) is 3.02. The average molecular weight is 351 g/mol. The molecular weight excluding hydrogens is 342 g/mol. The predicted molar refractivity (Wildman–Crippen MR) is 87.5 cm³/mol. The Kier molecular flexibility index (Phi) is 4.07. The van der Waals surface area contributed by atoms with Crippen molar-refractivity contribution in [3.8, 4) is 23.6 Å². The van der Waals surface area contributed by atoms with Gasteiger partial charge in [0.2, 0.25) is 0 Å². The van der Waals surface area contributed by atoms with Crippen LogP contribution in [-0.2, 0) is 10.1 Å². The molecule has 0 saturated carbocycles. The third kappa shape index (κ3) is 3.12. The first-order valence-corrected chi connectivity index (χ1v) is 8.35. The highest BCUT2D eigenvalue weighted by Gasteiger charge is 2.17. The lowest BCUT2D eigenvalue weighted by atomic mass is 10.1. The highest BCUT2D eigenvalue weighted by atomic mass is 32.2. The van der Waals surface area contributed by atoms with Gasteiger partial charge in [-0.15, -0.1) is 0 Å². The van der Waals surface area contributed by atoms with E-state index in [1.165, 1.54) is 48.7 Å². The van der Waals surface area contributed by atoms with Crippen LogP contribution in [0.1, 0.15) is 11.1 Å². The molecule has 0 radical (unpaired) electrons. The van der Waals surface area contributed by atoms with Crippen LogP contribution in [0, 0.1) is 22.7 Å². The molecule has 0 aliphatic rings. The maximum atomic E-state index is 11.5. The summed E-state index contributed by atoms with van der Waals surface area (Å²) in [5.74, 6) is 0.540. The molecule has 0 aliphatic heterocycles. The molecule has 3 rings (SSSR count). The van der Waals surface area contributed by atoms with Gasteiger partial charge in [-0.2, -0.15) is 18.9 Å². The maximum absolute atomic E-state index is 11.5. The molecule has 0 saturated heterocycles. The standard InChI is InChI=1S/C17H9N3O4S/c18-9-11-3-4-13(8-12(11)10-19)24-15-5-6-16(25(21,22)23)14-2-1-7-20-17(14)15/h1-8H,(H,21,22,23). The SMILES string of the molecule is N#Cc1ccc(Oc2ccc(S(=O)(=O)O)c3cccnc23)cc1C#N. The Morgan fingerprint density at radius 1 is 1.04 bits per heavy atom. The largest absolute Gasteiger partial charge is 0.455 e. The van der Waals surface area contributed by atoms with Crippen LogP contribution >= 0.6 is 0 Å². The summed E-state index contributed by atoms with van der Waals surface area (Å²) in [5.41, 5.74) is 0.617. The van der Waals surface area contributed by atoms with Gasteiger partial charge in [0.15, 0.2) is 5.75 Å². The molecule has 1 N–H and O–H groups in total. The molecule has 0 unspecified atom stereocenters. The summed E-state index contributed by atoms with van der Waals surface area (Å²) in [6.45, 7) is 0. The fourth-order valence-corrected chi connectivity index (χ4v) is 3.01. The minimum Gasteiger partial charge on any atom is -0.455 e. The molecule has 8 heteroatoms. The molecule has 0 amide bonds. The summed E-state index contributed by atoms with van der Waals surface area (Å²) in [4.78, 5) is 3.83. The normalized spacial score (nSPS) is 10.8. The van der Waals surface area contributed by atoms with Crippen molar-refractivity contribution in [2.24, 2.45) is 0 Å². The van der Waals surface area contributed by atoms with Gasteiger partial charge in [-0.05, 0) is 42.5 Å². The van der Waals surface area contributed by atoms with E-state index in [0.717, 1.165) is 0 Å². The lowest BCUT2D eigenvalue weighted by Crippen LogP contribution is -2.00. The Morgan fingerprint density at radius 2 is 1.80 bits per heavy atom. The van der Waals surface area contributed by atoms with Crippen LogP contribution in [-0.4, -0.2) is 18.0 Å². The van der Waals surface area contributed by atoms with E-state index in [0.29, 0.717) is 5.75 Å². The van der Waals surface area contributed by atoms with Gasteiger partial charge in [0.25, 0.3) is 10.1 Å². The topological polar surface area (TPSA) is 124 Å². The number of ether oxygens (including phenoxy) is 1. The van der Waals surface area contributed by atoms with Crippen LogP contribution in [0.15, 0.2) is 53.6 Å². The van der Waals surface area contributed by atoms with Crippen LogP contribution in [0.3, 0.4) is 0 Å². The van der Waals surface area contributed by atoms with E-state index in [1.807, 2.05) is 12.1 Å². The number of hydrogen-bond acceptors (Lipinski definition) is 6. The lowest BCUT2D eigenvalue weighted by Gasteiger charge is -2.10. The third-order valence-electron chi connectivity index (χ3n) is 3.43. The first-order valence-electron chi connectivity index (χ1n) is 6.91. The van der Waals surface area contributed by atoms with Gasteiger partial charge in [0.05, 0.1) is 11.1 Å². The number of hydrogen-bond donors (Lipinski definition) is 1. The first kappa shape index (κ1) is 16.4. The average Bonchev–Trinajstić information content (AvgIpc) is 2.60. The zero-order valence-corrected chi connectivity index (χ0v) is 13.4. The Labute approximate surface area is 143 Å². The zero-order chi connectivity index (χ0) is 18.0. The van der Waals surface area contributed by atoms with Gasteiger partial charge in [0, 0.05) is 11.6 Å². The van der Waals surface area contributed by atoms with E-state index in [2.05, 4.69) is 4.98 Å². The highest BCUT2D eigenvalue weighted by Crippen LogP contribution is 2.32. The molecule has 1 aromatic heterocycles. The molecule has 1 heterocycles. The molecule has 7 nitrogen and oxygen atoms in total. The fraction of sp³-hybridized carbons (Fsp3) is 0. The molecule has 0 bridgehead atoms. The molecular formula is C17H9N3O4S. The number of benzene rings is 2.